The third-order valence-electron chi connectivity index (χ3n) is 3.73. The molecular weight excluding hydrogens is 278 g/mol. The van der Waals surface area contributed by atoms with Gasteiger partial charge in [0.05, 0.1) is 12.6 Å². The Hall–Kier alpha value is -1.88. The van der Waals surface area contributed by atoms with Gasteiger partial charge < -0.3 is 16.4 Å². The molecule has 122 valence electrons. The first kappa shape index (κ1) is 18.2. The molecule has 1 rings (SSSR count). The van der Waals surface area contributed by atoms with Gasteiger partial charge in [-0.1, -0.05) is 58.0 Å². The third kappa shape index (κ3) is 5.48. The molecule has 0 spiro atoms. The van der Waals surface area contributed by atoms with Crippen molar-refractivity contribution in [3.63, 3.8) is 0 Å². The maximum absolute atomic E-state index is 11.9. The lowest BCUT2D eigenvalue weighted by Crippen LogP contribution is -2.48. The third-order valence-corrected chi connectivity index (χ3v) is 3.73. The molecule has 2 amide bonds. The minimum atomic E-state index is -0.589. The van der Waals surface area contributed by atoms with Gasteiger partial charge in [0, 0.05) is 12.0 Å². The van der Waals surface area contributed by atoms with Crippen LogP contribution in [0.25, 0.3) is 0 Å². The summed E-state index contributed by atoms with van der Waals surface area (Å²) in [6.07, 6.45) is 0. The Morgan fingerprint density at radius 3 is 2.27 bits per heavy atom. The van der Waals surface area contributed by atoms with Crippen molar-refractivity contribution >= 4 is 11.8 Å². The van der Waals surface area contributed by atoms with Crippen LogP contribution < -0.4 is 16.4 Å². The number of amides is 2. The molecule has 0 aliphatic heterocycles. The lowest BCUT2D eigenvalue weighted by molar-refractivity contribution is -0.127. The maximum atomic E-state index is 11.9. The summed E-state index contributed by atoms with van der Waals surface area (Å²) in [7, 11) is 0. The van der Waals surface area contributed by atoms with Gasteiger partial charge in [0.2, 0.25) is 11.8 Å². The van der Waals surface area contributed by atoms with Crippen molar-refractivity contribution in [2.45, 2.75) is 39.2 Å². The van der Waals surface area contributed by atoms with Crippen molar-refractivity contribution in [3.8, 4) is 0 Å². The van der Waals surface area contributed by atoms with E-state index < -0.39 is 6.04 Å². The van der Waals surface area contributed by atoms with Crippen LogP contribution >= 0.6 is 0 Å². The highest BCUT2D eigenvalue weighted by Crippen LogP contribution is 2.21. The van der Waals surface area contributed by atoms with Crippen LogP contribution in [0.2, 0.25) is 0 Å². The lowest BCUT2D eigenvalue weighted by atomic mass is 9.84. The Morgan fingerprint density at radius 2 is 1.73 bits per heavy atom. The van der Waals surface area contributed by atoms with Crippen molar-refractivity contribution in [1.29, 1.82) is 0 Å². The molecule has 0 aliphatic rings. The number of carbonyl (C=O) groups is 2. The molecule has 1 aromatic carbocycles. The molecular formula is C17H27N3O2. The summed E-state index contributed by atoms with van der Waals surface area (Å²) in [6.45, 7) is 8.32. The van der Waals surface area contributed by atoms with E-state index in [0.717, 1.165) is 5.56 Å². The fourth-order valence-electron chi connectivity index (χ4n) is 1.96. The van der Waals surface area contributed by atoms with Crippen molar-refractivity contribution < 1.29 is 9.59 Å². The summed E-state index contributed by atoms with van der Waals surface area (Å²) in [5.41, 5.74) is 6.70. The largest absolute Gasteiger partial charge is 0.354 e. The minimum Gasteiger partial charge on any atom is -0.354 e. The second kappa shape index (κ2) is 7.94. The van der Waals surface area contributed by atoms with E-state index >= 15 is 0 Å². The van der Waals surface area contributed by atoms with Gasteiger partial charge in [0.25, 0.3) is 0 Å². The van der Waals surface area contributed by atoms with E-state index in [1.54, 1.807) is 0 Å². The minimum absolute atomic E-state index is 0.0417. The summed E-state index contributed by atoms with van der Waals surface area (Å²) < 4.78 is 0. The van der Waals surface area contributed by atoms with Crippen molar-refractivity contribution in [2.24, 2.45) is 11.7 Å². The van der Waals surface area contributed by atoms with E-state index in [1.165, 1.54) is 0 Å². The summed E-state index contributed by atoms with van der Waals surface area (Å²) >= 11 is 0. The van der Waals surface area contributed by atoms with Gasteiger partial charge in [-0.25, -0.2) is 0 Å². The molecule has 1 aromatic rings. The zero-order chi connectivity index (χ0) is 16.8. The number of hydrogen-bond acceptors (Lipinski definition) is 3. The summed E-state index contributed by atoms with van der Waals surface area (Å²) in [4.78, 5) is 23.5. The molecule has 4 N–H and O–H groups in total. The van der Waals surface area contributed by atoms with Crippen LogP contribution in [0.1, 0.15) is 33.3 Å². The van der Waals surface area contributed by atoms with Crippen LogP contribution in [0.4, 0.5) is 0 Å². The van der Waals surface area contributed by atoms with Crippen molar-refractivity contribution in [2.75, 3.05) is 13.1 Å². The highest BCUT2D eigenvalue weighted by Gasteiger charge is 2.22. The van der Waals surface area contributed by atoms with Gasteiger partial charge in [-0.2, -0.15) is 0 Å². The van der Waals surface area contributed by atoms with E-state index in [9.17, 15) is 9.59 Å². The van der Waals surface area contributed by atoms with E-state index in [2.05, 4.69) is 24.5 Å². The van der Waals surface area contributed by atoms with Crippen LogP contribution in [0.3, 0.4) is 0 Å². The molecule has 0 fully saturated rings. The first-order valence-corrected chi connectivity index (χ1v) is 7.59. The zero-order valence-corrected chi connectivity index (χ0v) is 13.8. The Kier molecular flexibility index (Phi) is 6.56. The molecule has 5 nitrogen and oxygen atoms in total. The van der Waals surface area contributed by atoms with Gasteiger partial charge in [0.1, 0.15) is 0 Å². The van der Waals surface area contributed by atoms with Crippen LogP contribution in [0.5, 0.6) is 0 Å². The maximum Gasteiger partial charge on any atom is 0.239 e. The van der Waals surface area contributed by atoms with Crippen LogP contribution in [0.15, 0.2) is 30.3 Å². The average molecular weight is 305 g/mol. The lowest BCUT2D eigenvalue weighted by Gasteiger charge is -2.25. The van der Waals surface area contributed by atoms with Crippen molar-refractivity contribution in [3.05, 3.63) is 35.9 Å². The number of nitrogens with one attached hydrogen (secondary N) is 2. The molecule has 0 aliphatic carbocycles. The molecule has 0 saturated heterocycles. The molecule has 0 bridgehead atoms. The molecule has 0 radical (unpaired) electrons. The Morgan fingerprint density at radius 1 is 1.14 bits per heavy atom. The van der Waals surface area contributed by atoms with Gasteiger partial charge >= 0.3 is 0 Å². The molecule has 1 atom stereocenters. The van der Waals surface area contributed by atoms with E-state index in [0.29, 0.717) is 6.54 Å². The first-order valence-electron chi connectivity index (χ1n) is 7.59. The topological polar surface area (TPSA) is 84.2 Å². The van der Waals surface area contributed by atoms with Gasteiger partial charge in [-0.15, -0.1) is 0 Å². The highest BCUT2D eigenvalue weighted by molar-refractivity contribution is 5.87. The second-order valence-corrected chi connectivity index (χ2v) is 6.51. The molecule has 0 aromatic heterocycles. The number of nitrogens with two attached hydrogens (primary N) is 1. The van der Waals surface area contributed by atoms with Crippen LogP contribution in [-0.4, -0.2) is 30.9 Å². The predicted octanol–water partition coefficient (Wildman–Crippen LogP) is 1.18. The summed E-state index contributed by atoms with van der Waals surface area (Å²) in [5.74, 6) is -0.471. The number of benzene rings is 1. The average Bonchev–Trinajstić information content (AvgIpc) is 2.50. The molecule has 0 unspecified atom stereocenters. The summed E-state index contributed by atoms with van der Waals surface area (Å²) in [5, 5.41) is 5.41. The number of carbonyl (C=O) groups excluding carboxylic acids is 2. The van der Waals surface area contributed by atoms with Gasteiger partial charge in [-0.05, 0) is 11.5 Å². The van der Waals surface area contributed by atoms with Crippen LogP contribution in [-0.2, 0) is 15.0 Å². The summed E-state index contributed by atoms with van der Waals surface area (Å²) in [6, 6.07) is 9.41. The SMILES string of the molecule is CC(C)[C@H](N)C(=O)NCC(=O)NCC(C)(C)c1ccccc1. The molecule has 0 saturated carbocycles. The molecule has 22 heavy (non-hydrogen) atoms. The fourth-order valence-corrected chi connectivity index (χ4v) is 1.96. The number of hydrogen-bond donors (Lipinski definition) is 3. The molecule has 5 heteroatoms. The first-order chi connectivity index (χ1) is 10.2. The van der Waals surface area contributed by atoms with Gasteiger partial charge in [-0.3, -0.25) is 9.59 Å². The van der Waals surface area contributed by atoms with E-state index in [-0.39, 0.29) is 29.7 Å². The standard InChI is InChI=1S/C17H27N3O2/c1-12(2)15(18)16(22)19-10-14(21)20-11-17(3,4)13-8-6-5-7-9-13/h5-9,12,15H,10-11,18H2,1-4H3,(H,19,22)(H,20,21)/t15-/m0/s1. The predicted molar refractivity (Wildman–Crippen MR) is 88.3 cm³/mol. The zero-order valence-electron chi connectivity index (χ0n) is 13.8. The Bertz CT molecular complexity index is 498. The van der Waals surface area contributed by atoms with Crippen molar-refractivity contribution in [1.82, 2.24) is 10.6 Å². The number of rotatable bonds is 7. The Balaban J connectivity index is 2.42. The fraction of sp³-hybridized carbons (Fsp3) is 0.529. The monoisotopic (exact) mass is 305 g/mol. The van der Waals surface area contributed by atoms with E-state index in [1.807, 2.05) is 44.2 Å². The molecule has 0 heterocycles. The Labute approximate surface area is 132 Å². The second-order valence-electron chi connectivity index (χ2n) is 6.51. The van der Waals surface area contributed by atoms with Crippen LogP contribution in [0, 0.1) is 5.92 Å². The normalized spacial score (nSPS) is 12.8. The van der Waals surface area contributed by atoms with E-state index in [4.69, 9.17) is 5.73 Å². The highest BCUT2D eigenvalue weighted by atomic mass is 16.2. The quantitative estimate of drug-likeness (QED) is 0.707. The smallest absolute Gasteiger partial charge is 0.239 e. The van der Waals surface area contributed by atoms with Gasteiger partial charge in [0.15, 0.2) is 0 Å².